The van der Waals surface area contributed by atoms with E-state index in [0.29, 0.717) is 12.3 Å². The summed E-state index contributed by atoms with van der Waals surface area (Å²) >= 11 is 0. The van der Waals surface area contributed by atoms with Crippen LogP contribution < -0.4 is 14.8 Å². The summed E-state index contributed by atoms with van der Waals surface area (Å²) in [6, 6.07) is 11.6. The Morgan fingerprint density at radius 3 is 2.76 bits per heavy atom. The van der Waals surface area contributed by atoms with Crippen molar-refractivity contribution in [3.05, 3.63) is 53.9 Å². The van der Waals surface area contributed by atoms with Gasteiger partial charge in [0.2, 0.25) is 5.91 Å². The average molecular weight is 420 g/mol. The number of methoxy groups -OCH3 is 2. The van der Waals surface area contributed by atoms with Crippen molar-refractivity contribution in [1.29, 1.82) is 0 Å². The fourth-order valence-corrected chi connectivity index (χ4v) is 3.68. The summed E-state index contributed by atoms with van der Waals surface area (Å²) in [5.41, 5.74) is 1.75. The van der Waals surface area contributed by atoms with Gasteiger partial charge in [0.1, 0.15) is 11.5 Å². The van der Waals surface area contributed by atoms with Crippen molar-refractivity contribution in [2.45, 2.75) is 38.3 Å². The van der Waals surface area contributed by atoms with Crippen LogP contribution in [0.3, 0.4) is 0 Å². The minimum atomic E-state index is 0. The number of hydrogen-bond acceptors (Lipinski definition) is 5. The standard InChI is InChI=1S/C22H29N3O3.ClH/c1-27-20-8-9-21(28-2)17(14-20)15-22(26)25(16-18-6-3-4-12-24-18)19-7-5-11-23-13-10-19;/h3-4,6,8-9,12,14,19,23H,5,7,10-11,13,15-16H2,1-2H3;1H. The van der Waals surface area contributed by atoms with E-state index < -0.39 is 0 Å². The largest absolute Gasteiger partial charge is 0.497 e. The first-order chi connectivity index (χ1) is 13.7. The molecule has 2 aromatic rings. The van der Waals surface area contributed by atoms with Gasteiger partial charge in [-0.3, -0.25) is 9.78 Å². The summed E-state index contributed by atoms with van der Waals surface area (Å²) in [4.78, 5) is 19.8. The van der Waals surface area contributed by atoms with E-state index >= 15 is 0 Å². The Kier molecular flexibility index (Phi) is 9.22. The highest BCUT2D eigenvalue weighted by Crippen LogP contribution is 2.26. The van der Waals surface area contributed by atoms with Gasteiger partial charge >= 0.3 is 0 Å². The molecule has 1 fully saturated rings. The fraction of sp³-hybridized carbons (Fsp3) is 0.455. The normalized spacial score (nSPS) is 16.3. The Morgan fingerprint density at radius 2 is 2.03 bits per heavy atom. The summed E-state index contributed by atoms with van der Waals surface area (Å²) in [5, 5.41) is 3.43. The molecule has 3 rings (SSSR count). The molecule has 6 nitrogen and oxygen atoms in total. The number of carbonyl (C=O) groups is 1. The third-order valence-corrected chi connectivity index (χ3v) is 5.19. The van der Waals surface area contributed by atoms with Crippen molar-refractivity contribution in [2.24, 2.45) is 0 Å². The van der Waals surface area contributed by atoms with Gasteiger partial charge in [0.05, 0.1) is 32.9 Å². The van der Waals surface area contributed by atoms with E-state index in [2.05, 4.69) is 10.3 Å². The molecule has 7 heteroatoms. The van der Waals surface area contributed by atoms with Gasteiger partial charge in [0, 0.05) is 17.8 Å². The Balaban J connectivity index is 0.00000300. The molecule has 2 heterocycles. The minimum absolute atomic E-state index is 0. The Hall–Kier alpha value is -2.31. The molecule has 1 aliphatic rings. The molecule has 1 aliphatic heterocycles. The number of amides is 1. The van der Waals surface area contributed by atoms with Crippen LogP contribution in [0.1, 0.15) is 30.5 Å². The number of nitrogens with one attached hydrogen (secondary N) is 1. The second-order valence-corrected chi connectivity index (χ2v) is 7.03. The lowest BCUT2D eigenvalue weighted by atomic mass is 10.0. The van der Waals surface area contributed by atoms with Gasteiger partial charge in [0.15, 0.2) is 0 Å². The molecule has 1 aromatic heterocycles. The van der Waals surface area contributed by atoms with E-state index in [1.54, 1.807) is 20.4 Å². The summed E-state index contributed by atoms with van der Waals surface area (Å²) in [6.45, 7) is 2.46. The molecule has 1 atom stereocenters. The van der Waals surface area contributed by atoms with Gasteiger partial charge in [-0.1, -0.05) is 6.07 Å². The number of hydrogen-bond donors (Lipinski definition) is 1. The van der Waals surface area contributed by atoms with Crippen molar-refractivity contribution < 1.29 is 14.3 Å². The summed E-state index contributed by atoms with van der Waals surface area (Å²) in [6.07, 6.45) is 5.07. The first-order valence-corrected chi connectivity index (χ1v) is 9.82. The number of carbonyl (C=O) groups excluding carboxylic acids is 1. The van der Waals surface area contributed by atoms with Gasteiger partial charge in [-0.15, -0.1) is 12.4 Å². The van der Waals surface area contributed by atoms with Gasteiger partial charge in [0.25, 0.3) is 0 Å². The van der Waals surface area contributed by atoms with Crippen molar-refractivity contribution in [3.8, 4) is 11.5 Å². The first-order valence-electron chi connectivity index (χ1n) is 9.82. The van der Waals surface area contributed by atoms with Crippen LogP contribution in [0.5, 0.6) is 11.5 Å². The zero-order chi connectivity index (χ0) is 19.8. The fourth-order valence-electron chi connectivity index (χ4n) is 3.68. The quantitative estimate of drug-likeness (QED) is 0.746. The Bertz CT molecular complexity index is 765. The molecular weight excluding hydrogens is 390 g/mol. The summed E-state index contributed by atoms with van der Waals surface area (Å²) in [7, 11) is 3.25. The zero-order valence-electron chi connectivity index (χ0n) is 17.1. The van der Waals surface area contributed by atoms with Crippen LogP contribution in [0.25, 0.3) is 0 Å². The van der Waals surface area contributed by atoms with E-state index in [4.69, 9.17) is 9.47 Å². The number of ether oxygens (including phenoxy) is 2. The van der Waals surface area contributed by atoms with Crippen LogP contribution in [0.15, 0.2) is 42.6 Å². The summed E-state index contributed by atoms with van der Waals surface area (Å²) < 4.78 is 10.8. The molecule has 1 amide bonds. The van der Waals surface area contributed by atoms with Crippen LogP contribution in [0, 0.1) is 0 Å². The SMILES string of the molecule is COc1ccc(OC)c(CC(=O)N(Cc2ccccn2)C2CCCNCC2)c1.Cl. The maximum atomic E-state index is 13.4. The minimum Gasteiger partial charge on any atom is -0.497 e. The molecule has 0 saturated carbocycles. The molecule has 0 radical (unpaired) electrons. The topological polar surface area (TPSA) is 63.7 Å². The number of aromatic nitrogens is 1. The van der Waals surface area contributed by atoms with Crippen LogP contribution in [0.4, 0.5) is 0 Å². The zero-order valence-corrected chi connectivity index (χ0v) is 17.9. The molecule has 1 saturated heterocycles. The Morgan fingerprint density at radius 1 is 1.17 bits per heavy atom. The maximum absolute atomic E-state index is 13.4. The second kappa shape index (κ2) is 11.6. The lowest BCUT2D eigenvalue weighted by Crippen LogP contribution is -2.41. The van der Waals surface area contributed by atoms with Gasteiger partial charge in [-0.2, -0.15) is 0 Å². The number of halogens is 1. The molecule has 0 aliphatic carbocycles. The molecule has 1 unspecified atom stereocenters. The van der Waals surface area contributed by atoms with Crippen LogP contribution >= 0.6 is 12.4 Å². The van der Waals surface area contributed by atoms with E-state index in [-0.39, 0.29) is 30.8 Å². The average Bonchev–Trinajstić information content (AvgIpc) is 3.02. The predicted molar refractivity (Wildman–Crippen MR) is 116 cm³/mol. The molecule has 0 bridgehead atoms. The van der Waals surface area contributed by atoms with Crippen LogP contribution in [-0.2, 0) is 17.8 Å². The number of rotatable bonds is 7. The molecule has 1 N–H and O–H groups in total. The summed E-state index contributed by atoms with van der Waals surface area (Å²) in [5.74, 6) is 1.51. The van der Waals surface area contributed by atoms with Crippen molar-refractivity contribution >= 4 is 18.3 Å². The highest BCUT2D eigenvalue weighted by Gasteiger charge is 2.26. The molecule has 0 spiro atoms. The highest BCUT2D eigenvalue weighted by molar-refractivity contribution is 5.85. The van der Waals surface area contributed by atoms with E-state index in [0.717, 1.165) is 49.4 Å². The van der Waals surface area contributed by atoms with Crippen molar-refractivity contribution in [3.63, 3.8) is 0 Å². The van der Waals surface area contributed by atoms with Gasteiger partial charge in [-0.05, 0) is 62.7 Å². The lowest BCUT2D eigenvalue weighted by Gasteiger charge is -2.31. The first kappa shape index (κ1) is 23.0. The monoisotopic (exact) mass is 419 g/mol. The second-order valence-electron chi connectivity index (χ2n) is 7.03. The van der Waals surface area contributed by atoms with E-state index in [9.17, 15) is 4.79 Å². The number of benzene rings is 1. The molecular formula is C22H30ClN3O3. The maximum Gasteiger partial charge on any atom is 0.227 e. The smallest absolute Gasteiger partial charge is 0.227 e. The van der Waals surface area contributed by atoms with E-state index in [1.807, 2.05) is 41.3 Å². The van der Waals surface area contributed by atoms with Crippen LogP contribution in [0.2, 0.25) is 0 Å². The van der Waals surface area contributed by atoms with Crippen molar-refractivity contribution in [1.82, 2.24) is 15.2 Å². The predicted octanol–water partition coefficient (Wildman–Crippen LogP) is 3.23. The van der Waals surface area contributed by atoms with Gasteiger partial charge in [-0.25, -0.2) is 0 Å². The van der Waals surface area contributed by atoms with Crippen molar-refractivity contribution in [2.75, 3.05) is 27.3 Å². The number of pyridine rings is 1. The molecule has 158 valence electrons. The molecule has 29 heavy (non-hydrogen) atoms. The van der Waals surface area contributed by atoms with Crippen LogP contribution in [-0.4, -0.2) is 49.1 Å². The lowest BCUT2D eigenvalue weighted by molar-refractivity contribution is -0.133. The van der Waals surface area contributed by atoms with Gasteiger partial charge < -0.3 is 19.7 Å². The third kappa shape index (κ3) is 6.34. The van der Waals surface area contributed by atoms with E-state index in [1.165, 1.54) is 0 Å². The molecule has 1 aromatic carbocycles. The highest BCUT2D eigenvalue weighted by atomic mass is 35.5. The number of nitrogens with zero attached hydrogens (tertiary/aromatic N) is 2. The third-order valence-electron chi connectivity index (χ3n) is 5.19. The Labute approximate surface area is 179 Å².